The number of aliphatic hydroxyl groups excluding tert-OH is 1. The molecule has 0 saturated carbocycles. The van der Waals surface area contributed by atoms with Gasteiger partial charge in [0.25, 0.3) is 5.91 Å². The van der Waals surface area contributed by atoms with E-state index in [2.05, 4.69) is 10.3 Å². The van der Waals surface area contributed by atoms with E-state index in [1.54, 1.807) is 58.4 Å². The molecule has 5 atom stereocenters. The fourth-order valence-electron chi connectivity index (χ4n) is 6.81. The Morgan fingerprint density at radius 2 is 1.42 bits per heavy atom. The number of aliphatic hydroxyl groups is 1. The van der Waals surface area contributed by atoms with Gasteiger partial charge in [0, 0.05) is 17.3 Å². The summed E-state index contributed by atoms with van der Waals surface area (Å²) in [5.41, 5.74) is 1.28. The molecule has 12 nitrogen and oxygen atoms in total. The molecule has 2 aliphatic rings. The van der Waals surface area contributed by atoms with Gasteiger partial charge < -0.3 is 38.8 Å². The average Bonchev–Trinajstić information content (AvgIpc) is 3.32. The third-order valence-corrected chi connectivity index (χ3v) is 9.42. The van der Waals surface area contributed by atoms with Crippen LogP contribution in [-0.4, -0.2) is 65.7 Å². The fourth-order valence-corrected chi connectivity index (χ4v) is 6.81. The van der Waals surface area contributed by atoms with Gasteiger partial charge in [0.1, 0.15) is 41.7 Å². The zero-order chi connectivity index (χ0) is 36.5. The van der Waals surface area contributed by atoms with Gasteiger partial charge in [-0.3, -0.25) is 9.36 Å². The number of carbonyl (C=O) groups is 1. The van der Waals surface area contributed by atoms with Crippen LogP contribution < -0.4 is 20.5 Å². The molecule has 0 spiro atoms. The first-order chi connectivity index (χ1) is 25.2. The minimum absolute atomic E-state index is 0.104. The topological polar surface area (TPSA) is 140 Å². The van der Waals surface area contributed by atoms with E-state index in [0.717, 1.165) is 16.7 Å². The van der Waals surface area contributed by atoms with E-state index in [-0.39, 0.29) is 12.4 Å². The van der Waals surface area contributed by atoms with Crippen LogP contribution in [0.4, 0.5) is 5.82 Å². The Balaban J connectivity index is 1.26. The second-order valence-electron chi connectivity index (χ2n) is 12.6. The number of anilines is 1. The molecule has 0 radical (unpaired) electrons. The van der Waals surface area contributed by atoms with Crippen LogP contribution in [0, 0.1) is 6.92 Å². The number of carbonyl (C=O) groups excluding carboxylic acids is 1. The molecule has 7 rings (SSSR count). The number of fused-ring (bicyclic) bond motifs is 2. The third kappa shape index (κ3) is 6.35. The molecule has 1 aromatic heterocycles. The highest BCUT2D eigenvalue weighted by molar-refractivity contribution is 6.04. The van der Waals surface area contributed by atoms with Gasteiger partial charge in [-0.25, -0.2) is 4.79 Å². The van der Waals surface area contributed by atoms with Crippen molar-refractivity contribution in [3.8, 4) is 11.5 Å². The Labute approximate surface area is 300 Å². The molecule has 2 N–H and O–H groups in total. The van der Waals surface area contributed by atoms with Crippen molar-refractivity contribution < 1.29 is 38.3 Å². The van der Waals surface area contributed by atoms with Crippen molar-refractivity contribution in [3.05, 3.63) is 154 Å². The first kappa shape index (κ1) is 35.1. The van der Waals surface area contributed by atoms with Crippen molar-refractivity contribution in [2.24, 2.45) is 0 Å². The number of amides is 1. The van der Waals surface area contributed by atoms with Gasteiger partial charge in [-0.05, 0) is 66.9 Å². The van der Waals surface area contributed by atoms with Crippen LogP contribution in [-0.2, 0) is 24.5 Å². The normalized spacial score (nSPS) is 22.5. The van der Waals surface area contributed by atoms with Gasteiger partial charge >= 0.3 is 5.69 Å². The zero-order valence-corrected chi connectivity index (χ0v) is 29.1. The van der Waals surface area contributed by atoms with Crippen LogP contribution in [0.15, 0.2) is 120 Å². The Kier molecular flexibility index (Phi) is 9.66. The molecule has 2 aliphatic heterocycles. The summed E-state index contributed by atoms with van der Waals surface area (Å²) in [6.07, 6.45) is -2.86. The average molecular weight is 706 g/mol. The molecular weight excluding hydrogens is 666 g/mol. The lowest BCUT2D eigenvalue weighted by atomic mass is 9.80. The predicted octanol–water partition coefficient (Wildman–Crippen LogP) is 5.18. The summed E-state index contributed by atoms with van der Waals surface area (Å²) in [5.74, 6) is -0.734. The highest BCUT2D eigenvalue weighted by Crippen LogP contribution is 2.48. The molecular formula is C40H39N3O9. The molecule has 52 heavy (non-hydrogen) atoms. The van der Waals surface area contributed by atoms with Crippen LogP contribution in [0.5, 0.6) is 11.5 Å². The molecule has 12 heteroatoms. The molecule has 1 unspecified atom stereocenters. The number of hydrogen-bond donors (Lipinski definition) is 2. The summed E-state index contributed by atoms with van der Waals surface area (Å²) >= 11 is 0. The highest BCUT2D eigenvalue weighted by Gasteiger charge is 2.63. The summed E-state index contributed by atoms with van der Waals surface area (Å²) in [4.78, 5) is 30.5. The molecule has 2 saturated heterocycles. The van der Waals surface area contributed by atoms with Crippen molar-refractivity contribution in [1.29, 1.82) is 0 Å². The van der Waals surface area contributed by atoms with Gasteiger partial charge in [0.2, 0.25) is 5.79 Å². The number of ether oxygens (including phenoxy) is 6. The molecule has 268 valence electrons. The summed E-state index contributed by atoms with van der Waals surface area (Å²) in [7, 11) is 3.20. The minimum atomic E-state index is -1.76. The van der Waals surface area contributed by atoms with Gasteiger partial charge in [0.15, 0.2) is 12.5 Å². The number of nitrogens with zero attached hydrogens (tertiary/aromatic N) is 2. The zero-order valence-electron chi connectivity index (χ0n) is 29.1. The number of aryl methyl sites for hydroxylation is 1. The molecule has 5 aromatic rings. The number of nitrogens with one attached hydrogen (secondary N) is 1. The largest absolute Gasteiger partial charge is 0.497 e. The number of benzene rings is 4. The van der Waals surface area contributed by atoms with Gasteiger partial charge in [0.05, 0.1) is 14.2 Å². The molecule has 1 amide bonds. The van der Waals surface area contributed by atoms with E-state index in [1.165, 1.54) is 10.8 Å². The van der Waals surface area contributed by atoms with Gasteiger partial charge in [-0.1, -0.05) is 72.8 Å². The van der Waals surface area contributed by atoms with E-state index >= 15 is 0 Å². The smallest absolute Gasteiger partial charge is 0.351 e. The first-order valence-electron chi connectivity index (χ1n) is 16.8. The first-order valence-corrected chi connectivity index (χ1v) is 16.8. The van der Waals surface area contributed by atoms with E-state index in [0.29, 0.717) is 22.6 Å². The second-order valence-corrected chi connectivity index (χ2v) is 12.6. The quantitative estimate of drug-likeness (QED) is 0.177. The SMILES string of the molecule is COc1ccc(C(OC[C@]23O[C@H](C)O[C@@H](C2O)[C@H](n2cc(C)c(NC(=O)c4ccccc4)nc2=O)O3)(c2ccccc2)c2ccc(OC)cc2)cc1. The molecule has 2 fully saturated rings. The highest BCUT2D eigenvalue weighted by atomic mass is 16.8. The summed E-state index contributed by atoms with van der Waals surface area (Å²) in [5, 5.41) is 14.5. The number of hydrogen-bond acceptors (Lipinski definition) is 10. The molecule has 2 bridgehead atoms. The van der Waals surface area contributed by atoms with E-state index in [9.17, 15) is 14.7 Å². The van der Waals surface area contributed by atoms with Crippen LogP contribution in [0.25, 0.3) is 0 Å². The standard InChI is InChI=1S/C40H39N3O9/c1-25-23-43(38(46)42-35(25)41-36(45)27-11-7-5-8-12-27)37-33-34(44)39(52-37,51-26(2)50-33)24-49-40(28-13-9-6-10-14-28,29-15-19-31(47-3)20-16-29)30-17-21-32(48-4)22-18-30/h5-23,26,33-34,37,44H,24H2,1-4H3,(H,41,42,45,46)/t26-,33+,34?,37-,39-/m1/s1. The van der Waals surface area contributed by atoms with Crippen LogP contribution in [0.2, 0.25) is 0 Å². The molecule has 3 heterocycles. The maximum Gasteiger partial charge on any atom is 0.351 e. The van der Waals surface area contributed by atoms with Crippen molar-refractivity contribution in [2.75, 3.05) is 26.1 Å². The third-order valence-electron chi connectivity index (χ3n) is 9.42. The van der Waals surface area contributed by atoms with Crippen LogP contribution in [0.3, 0.4) is 0 Å². The summed E-state index contributed by atoms with van der Waals surface area (Å²) in [6.45, 7) is 3.11. The van der Waals surface area contributed by atoms with Crippen molar-refractivity contribution in [1.82, 2.24) is 9.55 Å². The Hall–Kier alpha value is -5.37. The Morgan fingerprint density at radius 1 is 0.865 bits per heavy atom. The summed E-state index contributed by atoms with van der Waals surface area (Å²) in [6, 6.07) is 33.4. The van der Waals surface area contributed by atoms with Crippen LogP contribution in [0.1, 0.15) is 45.8 Å². The monoisotopic (exact) mass is 705 g/mol. The minimum Gasteiger partial charge on any atom is -0.497 e. The van der Waals surface area contributed by atoms with E-state index in [1.807, 2.05) is 78.9 Å². The fraction of sp³-hybridized carbons (Fsp3) is 0.275. The van der Waals surface area contributed by atoms with Crippen molar-refractivity contribution >= 4 is 11.7 Å². The van der Waals surface area contributed by atoms with E-state index < -0.39 is 47.7 Å². The van der Waals surface area contributed by atoms with E-state index in [4.69, 9.17) is 28.4 Å². The number of methoxy groups -OCH3 is 2. The van der Waals surface area contributed by atoms with Crippen molar-refractivity contribution in [3.63, 3.8) is 0 Å². The van der Waals surface area contributed by atoms with Gasteiger partial charge in [-0.15, -0.1) is 0 Å². The lowest BCUT2D eigenvalue weighted by Gasteiger charge is -2.42. The maximum atomic E-state index is 13.5. The van der Waals surface area contributed by atoms with Crippen LogP contribution >= 0.6 is 0 Å². The predicted molar refractivity (Wildman–Crippen MR) is 190 cm³/mol. The lowest BCUT2D eigenvalue weighted by molar-refractivity contribution is -0.359. The molecule has 0 aliphatic carbocycles. The van der Waals surface area contributed by atoms with Crippen molar-refractivity contribution in [2.45, 2.75) is 50.0 Å². The maximum absolute atomic E-state index is 13.5. The van der Waals surface area contributed by atoms with Gasteiger partial charge in [-0.2, -0.15) is 4.98 Å². The number of rotatable bonds is 11. The number of aromatic nitrogens is 2. The lowest BCUT2D eigenvalue weighted by Crippen LogP contribution is -2.57. The Morgan fingerprint density at radius 3 is 2.00 bits per heavy atom. The Bertz CT molecular complexity index is 2030. The summed E-state index contributed by atoms with van der Waals surface area (Å²) < 4.78 is 38.0. The second kappa shape index (κ2) is 14.3. The molecule has 4 aromatic carbocycles.